The fourth-order valence-electron chi connectivity index (χ4n) is 1.74. The van der Waals surface area contributed by atoms with Crippen LogP contribution in [0, 0.1) is 6.92 Å². The Morgan fingerprint density at radius 2 is 2.35 bits per heavy atom. The molecule has 0 fully saturated rings. The standard InChI is InChI=1S/C12H15N3O2/c1-3-5-15-12(13-8-14-15)7-11(16)10-4-6-17-9(10)2/h4,6,8H,3,5,7H2,1-2H3. The molecule has 0 aliphatic rings. The lowest BCUT2D eigenvalue weighted by atomic mass is 10.1. The molecule has 0 spiro atoms. The number of Topliss-reactive ketones (excluding diaryl/α,β-unsaturated/α-hetero) is 1. The molecule has 5 heteroatoms. The summed E-state index contributed by atoms with van der Waals surface area (Å²) < 4.78 is 6.89. The molecule has 0 unspecified atom stereocenters. The quantitative estimate of drug-likeness (QED) is 0.741. The van der Waals surface area contributed by atoms with Gasteiger partial charge in [-0.3, -0.25) is 4.79 Å². The van der Waals surface area contributed by atoms with Crippen LogP contribution in [0.2, 0.25) is 0 Å². The maximum absolute atomic E-state index is 12.0. The van der Waals surface area contributed by atoms with Crippen LogP contribution in [0.1, 0.15) is 35.3 Å². The predicted octanol–water partition coefficient (Wildman–Crippen LogP) is 2.01. The van der Waals surface area contributed by atoms with Crippen molar-refractivity contribution in [2.75, 3.05) is 0 Å². The predicted molar refractivity (Wildman–Crippen MR) is 61.8 cm³/mol. The normalized spacial score (nSPS) is 10.7. The Kier molecular flexibility index (Phi) is 3.37. The Bertz CT molecular complexity index is 513. The zero-order chi connectivity index (χ0) is 12.3. The van der Waals surface area contributed by atoms with Gasteiger partial charge < -0.3 is 4.42 Å². The molecule has 90 valence electrons. The van der Waals surface area contributed by atoms with E-state index in [0.717, 1.165) is 13.0 Å². The Labute approximate surface area is 99.5 Å². The maximum atomic E-state index is 12.0. The Morgan fingerprint density at radius 3 is 3.00 bits per heavy atom. The lowest BCUT2D eigenvalue weighted by molar-refractivity contribution is 0.0988. The first-order valence-electron chi connectivity index (χ1n) is 5.66. The van der Waals surface area contributed by atoms with Crippen LogP contribution in [-0.2, 0) is 13.0 Å². The summed E-state index contributed by atoms with van der Waals surface area (Å²) in [6.45, 7) is 4.63. The monoisotopic (exact) mass is 233 g/mol. The molecule has 0 saturated heterocycles. The van der Waals surface area contributed by atoms with Gasteiger partial charge in [0, 0.05) is 6.54 Å². The fraction of sp³-hybridized carbons (Fsp3) is 0.417. The number of nitrogens with zero attached hydrogens (tertiary/aromatic N) is 3. The molecule has 0 atom stereocenters. The summed E-state index contributed by atoms with van der Waals surface area (Å²) in [7, 11) is 0. The van der Waals surface area contributed by atoms with Crippen molar-refractivity contribution in [2.24, 2.45) is 0 Å². The molecular weight excluding hydrogens is 218 g/mol. The van der Waals surface area contributed by atoms with Crippen LogP contribution < -0.4 is 0 Å². The first-order chi connectivity index (χ1) is 8.22. The second-order valence-electron chi connectivity index (χ2n) is 3.89. The van der Waals surface area contributed by atoms with Crippen LogP contribution in [-0.4, -0.2) is 20.5 Å². The highest BCUT2D eigenvalue weighted by molar-refractivity contribution is 5.97. The SMILES string of the molecule is CCCn1ncnc1CC(=O)c1ccoc1C. The first kappa shape index (κ1) is 11.6. The Hall–Kier alpha value is -1.91. The molecule has 0 aliphatic carbocycles. The number of carbonyl (C=O) groups is 1. The smallest absolute Gasteiger partial charge is 0.173 e. The molecule has 0 radical (unpaired) electrons. The van der Waals surface area contributed by atoms with Crippen LogP contribution in [0.3, 0.4) is 0 Å². The second kappa shape index (κ2) is 4.95. The average molecular weight is 233 g/mol. The molecule has 2 aromatic heterocycles. The Balaban J connectivity index is 2.13. The van der Waals surface area contributed by atoms with Crippen LogP contribution in [0.25, 0.3) is 0 Å². The number of hydrogen-bond donors (Lipinski definition) is 0. The molecule has 2 aromatic rings. The molecule has 0 aromatic carbocycles. The fourth-order valence-corrected chi connectivity index (χ4v) is 1.74. The number of hydrogen-bond acceptors (Lipinski definition) is 4. The summed E-state index contributed by atoms with van der Waals surface area (Å²) in [5, 5.41) is 4.09. The number of rotatable bonds is 5. The van der Waals surface area contributed by atoms with E-state index in [2.05, 4.69) is 17.0 Å². The number of aryl methyl sites for hydroxylation is 2. The van der Waals surface area contributed by atoms with Crippen molar-refractivity contribution in [3.8, 4) is 0 Å². The number of aromatic nitrogens is 3. The summed E-state index contributed by atoms with van der Waals surface area (Å²) in [6.07, 6.45) is 4.25. The summed E-state index contributed by atoms with van der Waals surface area (Å²) in [6, 6.07) is 1.69. The van der Waals surface area contributed by atoms with Crippen molar-refractivity contribution in [1.29, 1.82) is 0 Å². The van der Waals surface area contributed by atoms with Gasteiger partial charge in [0.05, 0.1) is 18.2 Å². The van der Waals surface area contributed by atoms with Crippen LogP contribution in [0.4, 0.5) is 0 Å². The third kappa shape index (κ3) is 2.43. The minimum Gasteiger partial charge on any atom is -0.469 e. The molecule has 0 saturated carbocycles. The average Bonchev–Trinajstić information content (AvgIpc) is 2.89. The van der Waals surface area contributed by atoms with Crippen molar-refractivity contribution in [3.05, 3.63) is 35.8 Å². The molecular formula is C12H15N3O2. The van der Waals surface area contributed by atoms with E-state index >= 15 is 0 Å². The number of furan rings is 1. The Morgan fingerprint density at radius 1 is 1.53 bits per heavy atom. The van der Waals surface area contributed by atoms with Crippen LogP contribution in [0.15, 0.2) is 23.1 Å². The van der Waals surface area contributed by atoms with Crippen molar-refractivity contribution in [3.63, 3.8) is 0 Å². The van der Waals surface area contributed by atoms with E-state index in [1.165, 1.54) is 12.6 Å². The minimum absolute atomic E-state index is 0.0154. The van der Waals surface area contributed by atoms with Gasteiger partial charge in [-0.1, -0.05) is 6.92 Å². The summed E-state index contributed by atoms with van der Waals surface area (Å²) in [5.41, 5.74) is 0.621. The minimum atomic E-state index is 0.0154. The van der Waals surface area contributed by atoms with Crippen molar-refractivity contribution < 1.29 is 9.21 Å². The number of ketones is 1. The van der Waals surface area contributed by atoms with E-state index < -0.39 is 0 Å². The van der Waals surface area contributed by atoms with Gasteiger partial charge in [0.15, 0.2) is 5.78 Å². The highest BCUT2D eigenvalue weighted by Crippen LogP contribution is 2.12. The molecule has 2 rings (SSSR count). The summed E-state index contributed by atoms with van der Waals surface area (Å²) in [5.74, 6) is 1.37. The molecule has 0 aliphatic heterocycles. The largest absolute Gasteiger partial charge is 0.469 e. The highest BCUT2D eigenvalue weighted by Gasteiger charge is 2.15. The summed E-state index contributed by atoms with van der Waals surface area (Å²) in [4.78, 5) is 16.1. The summed E-state index contributed by atoms with van der Waals surface area (Å²) >= 11 is 0. The zero-order valence-corrected chi connectivity index (χ0v) is 10.0. The van der Waals surface area contributed by atoms with Gasteiger partial charge >= 0.3 is 0 Å². The second-order valence-corrected chi connectivity index (χ2v) is 3.89. The molecule has 17 heavy (non-hydrogen) atoms. The van der Waals surface area contributed by atoms with Crippen molar-refractivity contribution in [1.82, 2.24) is 14.8 Å². The molecule has 0 N–H and O–H groups in total. The van der Waals surface area contributed by atoms with E-state index in [4.69, 9.17) is 4.42 Å². The van der Waals surface area contributed by atoms with Gasteiger partial charge in [-0.05, 0) is 19.4 Å². The van der Waals surface area contributed by atoms with Crippen molar-refractivity contribution >= 4 is 5.78 Å². The van der Waals surface area contributed by atoms with E-state index in [1.807, 2.05) is 0 Å². The van der Waals surface area contributed by atoms with Crippen LogP contribution in [0.5, 0.6) is 0 Å². The molecule has 0 amide bonds. The van der Waals surface area contributed by atoms with E-state index in [0.29, 0.717) is 17.1 Å². The molecule has 0 bridgehead atoms. The van der Waals surface area contributed by atoms with Gasteiger partial charge in [0.2, 0.25) is 0 Å². The van der Waals surface area contributed by atoms with E-state index in [1.54, 1.807) is 17.7 Å². The third-order valence-electron chi connectivity index (χ3n) is 2.61. The highest BCUT2D eigenvalue weighted by atomic mass is 16.3. The lowest BCUT2D eigenvalue weighted by Crippen LogP contribution is -2.11. The lowest BCUT2D eigenvalue weighted by Gasteiger charge is -2.03. The number of carbonyl (C=O) groups excluding carboxylic acids is 1. The first-order valence-corrected chi connectivity index (χ1v) is 5.66. The third-order valence-corrected chi connectivity index (χ3v) is 2.61. The van der Waals surface area contributed by atoms with Gasteiger partial charge in [-0.2, -0.15) is 5.10 Å². The topological polar surface area (TPSA) is 60.9 Å². The van der Waals surface area contributed by atoms with Crippen LogP contribution >= 0.6 is 0 Å². The van der Waals surface area contributed by atoms with Gasteiger partial charge in [0.1, 0.15) is 17.9 Å². The van der Waals surface area contributed by atoms with Crippen molar-refractivity contribution in [2.45, 2.75) is 33.2 Å². The van der Waals surface area contributed by atoms with Gasteiger partial charge in [-0.25, -0.2) is 9.67 Å². The van der Waals surface area contributed by atoms with E-state index in [-0.39, 0.29) is 12.2 Å². The zero-order valence-electron chi connectivity index (χ0n) is 10.0. The van der Waals surface area contributed by atoms with E-state index in [9.17, 15) is 4.79 Å². The van der Waals surface area contributed by atoms with Gasteiger partial charge in [0.25, 0.3) is 0 Å². The molecule has 2 heterocycles. The molecule has 5 nitrogen and oxygen atoms in total. The van der Waals surface area contributed by atoms with Gasteiger partial charge in [-0.15, -0.1) is 0 Å². The maximum Gasteiger partial charge on any atom is 0.173 e.